The van der Waals surface area contributed by atoms with Gasteiger partial charge in [-0.1, -0.05) is 6.07 Å². The second-order valence-electron chi connectivity index (χ2n) is 6.34. The van der Waals surface area contributed by atoms with Crippen molar-refractivity contribution in [1.29, 1.82) is 0 Å². The van der Waals surface area contributed by atoms with Crippen molar-refractivity contribution in [2.75, 3.05) is 7.11 Å². The molecule has 2 amide bonds. The first-order chi connectivity index (χ1) is 15.5. The third kappa shape index (κ3) is 5.77. The summed E-state index contributed by atoms with van der Waals surface area (Å²) < 4.78 is 36.0. The molecular formula is C19H14BrN3O8S2. The molecule has 0 aliphatic carbocycles. The number of non-ortho nitro benzene ring substituents is 1. The number of methoxy groups -OCH3 is 1. The summed E-state index contributed by atoms with van der Waals surface area (Å²) in [5.74, 6) is -1.09. The summed E-state index contributed by atoms with van der Waals surface area (Å²) in [6, 6.07) is 7.34. The van der Waals surface area contributed by atoms with E-state index >= 15 is 0 Å². The number of aliphatic imine (C=N–C) groups is 1. The Bertz CT molecular complexity index is 1340. The minimum absolute atomic E-state index is 0.0173. The van der Waals surface area contributed by atoms with E-state index in [-0.39, 0.29) is 32.0 Å². The van der Waals surface area contributed by atoms with Crippen molar-refractivity contribution >= 4 is 66.6 Å². The molecule has 3 rings (SSSR count). The summed E-state index contributed by atoms with van der Waals surface area (Å²) in [6.07, 6.45) is 1.48. The average molecular weight is 556 g/mol. The van der Waals surface area contributed by atoms with Gasteiger partial charge in [-0.3, -0.25) is 19.7 Å². The molecule has 0 saturated carbocycles. The van der Waals surface area contributed by atoms with E-state index in [9.17, 15) is 28.1 Å². The van der Waals surface area contributed by atoms with Crippen LogP contribution in [0.3, 0.4) is 0 Å². The third-order valence-electron chi connectivity index (χ3n) is 3.96. The van der Waals surface area contributed by atoms with Crippen LogP contribution in [0.15, 0.2) is 55.7 Å². The summed E-state index contributed by atoms with van der Waals surface area (Å²) in [4.78, 5) is 37.0. The number of halogens is 1. The average Bonchev–Trinajstić information content (AvgIpc) is 3.07. The van der Waals surface area contributed by atoms with Crippen molar-refractivity contribution in [3.8, 4) is 11.5 Å². The van der Waals surface area contributed by atoms with E-state index in [1.807, 2.05) is 0 Å². The molecule has 1 heterocycles. The number of carbonyl (C=O) groups is 2. The normalized spacial score (nSPS) is 14.7. The maximum atomic E-state index is 12.7. The molecule has 1 aliphatic heterocycles. The fourth-order valence-corrected chi connectivity index (χ4v) is 5.08. The van der Waals surface area contributed by atoms with E-state index in [2.05, 4.69) is 26.2 Å². The number of rotatable bonds is 6. The van der Waals surface area contributed by atoms with Gasteiger partial charge in [0, 0.05) is 19.1 Å². The van der Waals surface area contributed by atoms with Crippen LogP contribution >= 0.6 is 27.7 Å². The molecule has 0 bridgehead atoms. The summed E-state index contributed by atoms with van der Waals surface area (Å²) >= 11 is 4.19. The molecule has 33 heavy (non-hydrogen) atoms. The number of benzene rings is 2. The number of nitrogens with one attached hydrogen (secondary N) is 1. The molecule has 0 fully saturated rings. The van der Waals surface area contributed by atoms with Crippen LogP contribution in [0.2, 0.25) is 0 Å². The smallest absolute Gasteiger partial charge is 0.339 e. The number of amidine groups is 1. The lowest BCUT2D eigenvalue weighted by Gasteiger charge is -2.13. The van der Waals surface area contributed by atoms with E-state index in [0.717, 1.165) is 30.0 Å². The number of amides is 2. The molecule has 172 valence electrons. The topological polar surface area (TPSA) is 154 Å². The van der Waals surface area contributed by atoms with Crippen LogP contribution in [-0.2, 0) is 19.7 Å². The van der Waals surface area contributed by atoms with Crippen LogP contribution in [0.1, 0.15) is 12.5 Å². The molecule has 0 aromatic heterocycles. The van der Waals surface area contributed by atoms with Crippen molar-refractivity contribution in [3.05, 3.63) is 61.5 Å². The van der Waals surface area contributed by atoms with Gasteiger partial charge in [-0.05, 0) is 57.5 Å². The van der Waals surface area contributed by atoms with E-state index in [1.165, 1.54) is 38.3 Å². The lowest BCUT2D eigenvalue weighted by Crippen LogP contribution is -2.23. The molecule has 0 spiro atoms. The summed E-state index contributed by atoms with van der Waals surface area (Å²) in [5.41, 5.74) is 0.0428. The van der Waals surface area contributed by atoms with Crippen LogP contribution in [0.4, 0.5) is 5.69 Å². The van der Waals surface area contributed by atoms with Gasteiger partial charge >= 0.3 is 10.1 Å². The monoisotopic (exact) mass is 555 g/mol. The third-order valence-corrected chi connectivity index (χ3v) is 6.67. The minimum atomic E-state index is -4.43. The summed E-state index contributed by atoms with van der Waals surface area (Å²) in [7, 11) is -3.14. The predicted molar refractivity (Wildman–Crippen MR) is 123 cm³/mol. The first-order valence-electron chi connectivity index (χ1n) is 8.87. The van der Waals surface area contributed by atoms with Gasteiger partial charge < -0.3 is 14.2 Å². The Hall–Kier alpha value is -3.23. The number of nitrogens with zero attached hydrogens (tertiary/aromatic N) is 2. The fraction of sp³-hybridized carbons (Fsp3) is 0.105. The van der Waals surface area contributed by atoms with E-state index < -0.39 is 31.5 Å². The second-order valence-corrected chi connectivity index (χ2v) is 9.77. The quantitative estimate of drug-likeness (QED) is 0.244. The molecule has 0 atom stereocenters. The molecule has 11 nitrogen and oxygen atoms in total. The molecular weight excluding hydrogens is 542 g/mol. The largest absolute Gasteiger partial charge is 0.493 e. The predicted octanol–water partition coefficient (Wildman–Crippen LogP) is 3.24. The van der Waals surface area contributed by atoms with Gasteiger partial charge in [0.05, 0.1) is 21.4 Å². The molecule has 14 heteroatoms. The second kappa shape index (κ2) is 9.72. The van der Waals surface area contributed by atoms with Gasteiger partial charge in [-0.25, -0.2) is 0 Å². The maximum absolute atomic E-state index is 12.7. The maximum Gasteiger partial charge on any atom is 0.339 e. The Kier molecular flexibility index (Phi) is 7.19. The highest BCUT2D eigenvalue weighted by atomic mass is 79.9. The Morgan fingerprint density at radius 1 is 1.30 bits per heavy atom. The molecule has 0 unspecified atom stereocenters. The molecule has 1 aliphatic rings. The number of nitro groups is 1. The number of nitro benzene ring substituents is 1. The lowest BCUT2D eigenvalue weighted by molar-refractivity contribution is -0.385. The zero-order chi connectivity index (χ0) is 24.3. The van der Waals surface area contributed by atoms with Gasteiger partial charge in [0.25, 0.3) is 11.6 Å². The SMILES string of the molecule is COc1cc(/C=C2\SC(NC(C)=O)=NC2=O)cc(Br)c1OS(=O)(=O)c1cccc([N+](=O)[O-])c1. The van der Waals surface area contributed by atoms with Crippen molar-refractivity contribution in [2.45, 2.75) is 11.8 Å². The summed E-state index contributed by atoms with van der Waals surface area (Å²) in [5, 5.41) is 13.5. The lowest BCUT2D eigenvalue weighted by atomic mass is 10.2. The Morgan fingerprint density at radius 2 is 2.03 bits per heavy atom. The zero-order valence-electron chi connectivity index (χ0n) is 16.9. The highest BCUT2D eigenvalue weighted by Crippen LogP contribution is 2.40. The first-order valence-corrected chi connectivity index (χ1v) is 11.9. The number of carbonyl (C=O) groups excluding carboxylic acids is 2. The number of ether oxygens (including phenoxy) is 1. The number of thioether (sulfide) groups is 1. The van der Waals surface area contributed by atoms with Crippen LogP contribution in [0.5, 0.6) is 11.5 Å². The van der Waals surface area contributed by atoms with E-state index in [0.29, 0.717) is 5.56 Å². The van der Waals surface area contributed by atoms with Gasteiger partial charge in [0.1, 0.15) is 4.90 Å². The Balaban J connectivity index is 1.92. The van der Waals surface area contributed by atoms with Crippen LogP contribution < -0.4 is 14.2 Å². The minimum Gasteiger partial charge on any atom is -0.493 e. The molecule has 0 radical (unpaired) electrons. The van der Waals surface area contributed by atoms with E-state index in [1.54, 1.807) is 0 Å². The van der Waals surface area contributed by atoms with E-state index in [4.69, 9.17) is 8.92 Å². The Morgan fingerprint density at radius 3 is 2.67 bits per heavy atom. The van der Waals surface area contributed by atoms with Crippen molar-refractivity contribution in [3.63, 3.8) is 0 Å². The summed E-state index contributed by atoms with van der Waals surface area (Å²) in [6.45, 7) is 1.29. The molecule has 1 N–H and O–H groups in total. The van der Waals surface area contributed by atoms with Gasteiger partial charge in [0.15, 0.2) is 16.7 Å². The van der Waals surface area contributed by atoms with Crippen LogP contribution in [0, 0.1) is 10.1 Å². The van der Waals surface area contributed by atoms with Crippen molar-refractivity contribution in [1.82, 2.24) is 5.32 Å². The Labute approximate surface area is 200 Å². The fourth-order valence-electron chi connectivity index (χ4n) is 2.58. The molecule has 2 aromatic rings. The highest BCUT2D eigenvalue weighted by molar-refractivity contribution is 9.10. The van der Waals surface area contributed by atoms with Crippen LogP contribution in [0.25, 0.3) is 6.08 Å². The van der Waals surface area contributed by atoms with Crippen molar-refractivity contribution in [2.24, 2.45) is 4.99 Å². The number of hydrogen-bond acceptors (Lipinski definition) is 9. The van der Waals surface area contributed by atoms with Gasteiger partial charge in [-0.15, -0.1) is 0 Å². The van der Waals surface area contributed by atoms with Crippen LogP contribution in [-0.4, -0.2) is 37.4 Å². The standard InChI is InChI=1S/C19H14BrN3O8S2/c1-10(24)21-19-22-18(25)16(32-19)8-11-6-14(20)17(15(7-11)30-2)31-33(28,29)13-5-3-4-12(9-13)23(26)27/h3-9H,1-2H3,(H,21,22,24,25)/b16-8-. The van der Waals surface area contributed by atoms with Crippen molar-refractivity contribution < 1.29 is 31.9 Å². The zero-order valence-corrected chi connectivity index (χ0v) is 20.1. The molecule has 2 aromatic carbocycles. The molecule has 0 saturated heterocycles. The number of hydrogen-bond donors (Lipinski definition) is 1. The first kappa shape index (κ1) is 24.4. The van der Waals surface area contributed by atoms with Gasteiger partial charge in [0.2, 0.25) is 5.91 Å². The highest BCUT2D eigenvalue weighted by Gasteiger charge is 2.25. The van der Waals surface area contributed by atoms with Gasteiger partial charge in [-0.2, -0.15) is 13.4 Å².